The maximum Gasteiger partial charge on any atom is 0.322 e. The van der Waals surface area contributed by atoms with Gasteiger partial charge in [-0.1, -0.05) is 23.7 Å². The normalized spacial score (nSPS) is 18.3. The number of primary amides is 1. The Labute approximate surface area is 204 Å². The third kappa shape index (κ3) is 4.49. The molecule has 0 spiro atoms. The van der Waals surface area contributed by atoms with Crippen molar-refractivity contribution in [3.63, 3.8) is 0 Å². The second-order valence-corrected chi connectivity index (χ2v) is 8.82. The minimum atomic E-state index is -0.763. The Balaban J connectivity index is 1.46. The molecule has 0 radical (unpaired) electrons. The number of carbonyl (C=O) groups excluding carboxylic acids is 2. The van der Waals surface area contributed by atoms with Crippen molar-refractivity contribution in [2.24, 2.45) is 10.7 Å². The van der Waals surface area contributed by atoms with Crippen molar-refractivity contribution in [1.82, 2.24) is 14.7 Å². The van der Waals surface area contributed by atoms with Crippen LogP contribution in [0.1, 0.15) is 40.1 Å². The van der Waals surface area contributed by atoms with Gasteiger partial charge in [-0.05, 0) is 42.3 Å². The summed E-state index contributed by atoms with van der Waals surface area (Å²) in [5.74, 6) is -1.38. The first-order valence-electron chi connectivity index (χ1n) is 11.0. The number of hydrogen-bond donors (Lipinski definition) is 2. The summed E-state index contributed by atoms with van der Waals surface area (Å²) in [7, 11) is 0. The molecular weight excluding hydrogens is 478 g/mol. The summed E-state index contributed by atoms with van der Waals surface area (Å²) in [6.07, 6.45) is 1.91. The number of amides is 3. The van der Waals surface area contributed by atoms with Crippen molar-refractivity contribution >= 4 is 35.4 Å². The van der Waals surface area contributed by atoms with Crippen LogP contribution in [-0.4, -0.2) is 46.1 Å². The standard InChI is InChI=1S/C24H21ClF2N6O2/c25-17-9-14(3-6-18(17)27)22-21(23(28)34)20-12-32(11-16(7-8-26)33(20)31-22)24(35)30-15-4-1-13(2-5-15)19-10-29-19/h1-6,9-10,16,19H,7-8,11-12H2,(H2,28,34)(H,30,35). The van der Waals surface area contributed by atoms with Gasteiger partial charge in [0.2, 0.25) is 0 Å². The van der Waals surface area contributed by atoms with E-state index in [0.717, 1.165) is 5.56 Å². The molecule has 8 nitrogen and oxygen atoms in total. The number of halogens is 3. The quantitative estimate of drug-likeness (QED) is 0.522. The number of hydrogen-bond acceptors (Lipinski definition) is 4. The number of urea groups is 1. The summed E-state index contributed by atoms with van der Waals surface area (Å²) >= 11 is 5.93. The lowest BCUT2D eigenvalue weighted by Gasteiger charge is -2.34. The maximum absolute atomic E-state index is 13.7. The maximum atomic E-state index is 13.7. The lowest BCUT2D eigenvalue weighted by Crippen LogP contribution is -2.44. The third-order valence-electron chi connectivity index (χ3n) is 6.10. The number of aromatic nitrogens is 2. The first-order valence-corrected chi connectivity index (χ1v) is 11.3. The van der Waals surface area contributed by atoms with Gasteiger partial charge in [-0.3, -0.25) is 18.9 Å². The number of carbonyl (C=O) groups is 2. The van der Waals surface area contributed by atoms with E-state index in [2.05, 4.69) is 15.4 Å². The van der Waals surface area contributed by atoms with Crippen LogP contribution in [0.3, 0.4) is 0 Å². The summed E-state index contributed by atoms with van der Waals surface area (Å²) in [5, 5.41) is 7.23. The van der Waals surface area contributed by atoms with Crippen LogP contribution in [0.15, 0.2) is 47.5 Å². The molecule has 0 saturated carbocycles. The highest BCUT2D eigenvalue weighted by Gasteiger charge is 2.34. The van der Waals surface area contributed by atoms with Gasteiger partial charge in [-0.25, -0.2) is 9.18 Å². The SMILES string of the molecule is NC(=O)c1c(-c2ccc(F)c(Cl)c2)nn2c1CN(C(=O)Nc1ccc(C3C=N3)cc1)CC2CCF. The molecular formula is C24H21ClF2N6O2. The zero-order valence-electron chi connectivity index (χ0n) is 18.4. The molecule has 0 bridgehead atoms. The summed E-state index contributed by atoms with van der Waals surface area (Å²) in [6.45, 7) is -0.434. The topological polar surface area (TPSA) is 106 Å². The summed E-state index contributed by atoms with van der Waals surface area (Å²) in [5.41, 5.74) is 8.39. The van der Waals surface area contributed by atoms with Gasteiger partial charge < -0.3 is 16.0 Å². The van der Waals surface area contributed by atoms with Crippen LogP contribution < -0.4 is 11.1 Å². The minimum Gasteiger partial charge on any atom is -0.365 e. The van der Waals surface area contributed by atoms with Gasteiger partial charge in [0.1, 0.15) is 17.6 Å². The lowest BCUT2D eigenvalue weighted by molar-refractivity contribution is 0.0996. The van der Waals surface area contributed by atoms with Crippen LogP contribution in [0.2, 0.25) is 5.02 Å². The van der Waals surface area contributed by atoms with Gasteiger partial charge in [0.15, 0.2) is 0 Å². The molecule has 3 amide bonds. The smallest absolute Gasteiger partial charge is 0.322 e. The van der Waals surface area contributed by atoms with E-state index in [4.69, 9.17) is 17.3 Å². The zero-order valence-corrected chi connectivity index (χ0v) is 19.2. The van der Waals surface area contributed by atoms with E-state index in [-0.39, 0.29) is 41.8 Å². The molecule has 2 aromatic carbocycles. The van der Waals surface area contributed by atoms with Crippen molar-refractivity contribution in [1.29, 1.82) is 0 Å². The van der Waals surface area contributed by atoms with Gasteiger partial charge in [-0.2, -0.15) is 5.10 Å². The number of nitrogens with one attached hydrogen (secondary N) is 1. The first-order chi connectivity index (χ1) is 16.9. The third-order valence-corrected chi connectivity index (χ3v) is 6.39. The van der Waals surface area contributed by atoms with Crippen molar-refractivity contribution < 1.29 is 18.4 Å². The predicted octanol–water partition coefficient (Wildman–Crippen LogP) is 4.52. The molecule has 3 heterocycles. The number of nitrogens with zero attached hydrogens (tertiary/aromatic N) is 4. The van der Waals surface area contributed by atoms with Crippen LogP contribution in [-0.2, 0) is 6.54 Å². The molecule has 2 aliphatic heterocycles. The van der Waals surface area contributed by atoms with Crippen LogP contribution in [0.4, 0.5) is 19.3 Å². The Bertz CT molecular complexity index is 1330. The zero-order chi connectivity index (χ0) is 24.7. The molecule has 11 heteroatoms. The summed E-state index contributed by atoms with van der Waals surface area (Å²) in [4.78, 5) is 31.2. The van der Waals surface area contributed by atoms with E-state index >= 15 is 0 Å². The van der Waals surface area contributed by atoms with Crippen LogP contribution in [0.5, 0.6) is 0 Å². The Morgan fingerprint density at radius 1 is 1.20 bits per heavy atom. The average Bonchev–Trinajstić information content (AvgIpc) is 3.61. The molecule has 3 N–H and O–H groups in total. The van der Waals surface area contributed by atoms with Crippen LogP contribution in [0.25, 0.3) is 11.3 Å². The number of rotatable bonds is 6. The summed E-state index contributed by atoms with van der Waals surface area (Å²) in [6, 6.07) is 10.5. The van der Waals surface area contributed by atoms with E-state index in [0.29, 0.717) is 16.9 Å². The monoisotopic (exact) mass is 498 g/mol. The second kappa shape index (κ2) is 9.10. The summed E-state index contributed by atoms with van der Waals surface area (Å²) < 4.78 is 28.7. The van der Waals surface area contributed by atoms with Crippen molar-refractivity contribution in [3.8, 4) is 11.3 Å². The number of alkyl halides is 1. The van der Waals surface area contributed by atoms with Crippen molar-refractivity contribution in [3.05, 3.63) is 70.1 Å². The van der Waals surface area contributed by atoms with E-state index in [1.807, 2.05) is 18.3 Å². The molecule has 2 atom stereocenters. The largest absolute Gasteiger partial charge is 0.365 e. The van der Waals surface area contributed by atoms with Gasteiger partial charge in [0.05, 0.1) is 35.5 Å². The molecule has 35 heavy (non-hydrogen) atoms. The fraction of sp³-hybridized carbons (Fsp3) is 0.250. The number of anilines is 1. The fourth-order valence-electron chi connectivity index (χ4n) is 4.28. The number of nitrogens with two attached hydrogens (primary N) is 1. The van der Waals surface area contributed by atoms with Crippen molar-refractivity contribution in [2.45, 2.75) is 25.0 Å². The lowest BCUT2D eigenvalue weighted by atomic mass is 10.0. The Kier molecular flexibility index (Phi) is 5.98. The predicted molar refractivity (Wildman–Crippen MR) is 128 cm³/mol. The van der Waals surface area contributed by atoms with E-state index in [1.54, 1.807) is 16.8 Å². The molecule has 2 aliphatic rings. The van der Waals surface area contributed by atoms with Gasteiger partial charge >= 0.3 is 6.03 Å². The van der Waals surface area contributed by atoms with Crippen LogP contribution >= 0.6 is 11.6 Å². The molecule has 0 aliphatic carbocycles. The molecule has 0 saturated heterocycles. The van der Waals surface area contributed by atoms with E-state index in [9.17, 15) is 18.4 Å². The number of aliphatic imine (C=N–C) groups is 1. The Morgan fingerprint density at radius 2 is 1.94 bits per heavy atom. The Hall–Kier alpha value is -3.79. The number of benzene rings is 2. The highest BCUT2D eigenvalue weighted by molar-refractivity contribution is 6.31. The Morgan fingerprint density at radius 3 is 2.57 bits per heavy atom. The number of fused-ring (bicyclic) bond motifs is 1. The highest BCUT2D eigenvalue weighted by Crippen LogP contribution is 2.34. The minimum absolute atomic E-state index is 0.0306. The van der Waals surface area contributed by atoms with Crippen LogP contribution in [0, 0.1) is 5.82 Å². The molecule has 5 rings (SSSR count). The fourth-order valence-corrected chi connectivity index (χ4v) is 4.46. The van der Waals surface area contributed by atoms with Gasteiger partial charge in [-0.15, -0.1) is 0 Å². The first kappa shape index (κ1) is 23.0. The van der Waals surface area contributed by atoms with Gasteiger partial charge in [0.25, 0.3) is 5.91 Å². The van der Waals surface area contributed by atoms with Crippen molar-refractivity contribution in [2.75, 3.05) is 18.5 Å². The van der Waals surface area contributed by atoms with E-state index < -0.39 is 30.5 Å². The molecule has 1 aromatic heterocycles. The average molecular weight is 499 g/mol. The second-order valence-electron chi connectivity index (χ2n) is 8.42. The molecule has 2 unspecified atom stereocenters. The molecule has 3 aromatic rings. The molecule has 180 valence electrons. The van der Waals surface area contributed by atoms with E-state index in [1.165, 1.54) is 23.1 Å². The molecule has 0 fully saturated rings. The van der Waals surface area contributed by atoms with Gasteiger partial charge in [0, 0.05) is 24.0 Å². The highest BCUT2D eigenvalue weighted by atomic mass is 35.5.